The number of hydroxylamine groups is 2. The van der Waals surface area contributed by atoms with Crippen LogP contribution in [0.4, 0.5) is 0 Å². The van der Waals surface area contributed by atoms with Crippen molar-refractivity contribution in [2.75, 3.05) is 14.1 Å². The zero-order valence-electron chi connectivity index (χ0n) is 7.56. The van der Waals surface area contributed by atoms with E-state index in [0.717, 1.165) is 6.41 Å². The third-order valence-corrected chi connectivity index (χ3v) is 1.24. The van der Waals surface area contributed by atoms with Crippen molar-refractivity contribution < 1.29 is 19.6 Å². The fraction of sp³-hybridized carbons (Fsp3) is 0.571. The molecular weight excluding hydrogens is 176 g/mol. The van der Waals surface area contributed by atoms with E-state index >= 15 is 0 Å². The van der Waals surface area contributed by atoms with Crippen LogP contribution in [0, 0.1) is 0 Å². The molecule has 0 spiro atoms. The highest BCUT2D eigenvalue weighted by atomic mass is 16.5. The number of carbonyl (C=O) groups excluding carboxylic acids is 3. The number of hydrogen-bond acceptors (Lipinski definition) is 4. The fourth-order valence-corrected chi connectivity index (χ4v) is 0.565. The van der Waals surface area contributed by atoms with Crippen LogP contribution < -0.4 is 0 Å². The lowest BCUT2D eigenvalue weighted by atomic mass is 10.4. The Morgan fingerprint density at radius 1 is 1.31 bits per heavy atom. The molecule has 1 N–H and O–H groups in total. The van der Waals surface area contributed by atoms with Crippen molar-refractivity contribution in [3.63, 3.8) is 0 Å². The van der Waals surface area contributed by atoms with Crippen molar-refractivity contribution in [1.82, 2.24) is 9.96 Å². The predicted octanol–water partition coefficient (Wildman–Crippen LogP) is -0.771. The van der Waals surface area contributed by atoms with Crippen LogP contribution in [0.5, 0.6) is 0 Å². The smallest absolute Gasteiger partial charge is 0.253 e. The van der Waals surface area contributed by atoms with Crippen molar-refractivity contribution >= 4 is 18.2 Å². The SMILES string of the molecule is CN(C)C=O.O=C1CCC(=O)N1O. The van der Waals surface area contributed by atoms with Crippen molar-refractivity contribution in [1.29, 1.82) is 0 Å². The van der Waals surface area contributed by atoms with E-state index in [0.29, 0.717) is 0 Å². The van der Waals surface area contributed by atoms with Gasteiger partial charge in [-0.05, 0) is 0 Å². The summed E-state index contributed by atoms with van der Waals surface area (Å²) < 4.78 is 0. The van der Waals surface area contributed by atoms with Crippen LogP contribution in [-0.2, 0) is 14.4 Å². The van der Waals surface area contributed by atoms with Gasteiger partial charge < -0.3 is 4.90 Å². The summed E-state index contributed by atoms with van der Waals surface area (Å²) >= 11 is 0. The lowest BCUT2D eigenvalue weighted by molar-refractivity contribution is -0.171. The molecule has 74 valence electrons. The van der Waals surface area contributed by atoms with Crippen molar-refractivity contribution in [3.8, 4) is 0 Å². The van der Waals surface area contributed by atoms with Gasteiger partial charge in [-0.1, -0.05) is 0 Å². The summed E-state index contributed by atoms with van der Waals surface area (Å²) in [7, 11) is 3.38. The molecule has 0 unspecified atom stereocenters. The number of amides is 3. The predicted molar refractivity (Wildman–Crippen MR) is 42.6 cm³/mol. The summed E-state index contributed by atoms with van der Waals surface area (Å²) in [4.78, 5) is 31.4. The Labute approximate surface area is 75.7 Å². The van der Waals surface area contributed by atoms with E-state index in [-0.39, 0.29) is 17.9 Å². The van der Waals surface area contributed by atoms with E-state index < -0.39 is 11.8 Å². The Balaban J connectivity index is 0.000000252. The van der Waals surface area contributed by atoms with Crippen molar-refractivity contribution in [2.45, 2.75) is 12.8 Å². The average Bonchev–Trinajstić information content (AvgIpc) is 2.37. The van der Waals surface area contributed by atoms with Crippen LogP contribution in [0.25, 0.3) is 0 Å². The van der Waals surface area contributed by atoms with E-state index in [4.69, 9.17) is 5.21 Å². The fourth-order valence-electron chi connectivity index (χ4n) is 0.565. The Morgan fingerprint density at radius 2 is 1.62 bits per heavy atom. The third-order valence-electron chi connectivity index (χ3n) is 1.24. The molecule has 6 nitrogen and oxygen atoms in total. The molecule has 1 aliphatic heterocycles. The summed E-state index contributed by atoms with van der Waals surface area (Å²) in [6.45, 7) is 0. The van der Waals surface area contributed by atoms with E-state index in [1.54, 1.807) is 14.1 Å². The Morgan fingerprint density at radius 3 is 1.69 bits per heavy atom. The van der Waals surface area contributed by atoms with Gasteiger partial charge in [0.05, 0.1) is 0 Å². The summed E-state index contributed by atoms with van der Waals surface area (Å²) in [6, 6.07) is 0. The van der Waals surface area contributed by atoms with Crippen LogP contribution in [0.2, 0.25) is 0 Å². The quantitative estimate of drug-likeness (QED) is 0.333. The Kier molecular flexibility index (Phi) is 4.68. The van der Waals surface area contributed by atoms with Crippen molar-refractivity contribution in [3.05, 3.63) is 0 Å². The molecule has 0 radical (unpaired) electrons. The molecule has 0 atom stereocenters. The van der Waals surface area contributed by atoms with E-state index in [1.165, 1.54) is 4.90 Å². The average molecular weight is 188 g/mol. The second-order valence-corrected chi connectivity index (χ2v) is 2.67. The van der Waals surface area contributed by atoms with E-state index in [1.807, 2.05) is 0 Å². The maximum absolute atomic E-state index is 10.2. The highest BCUT2D eigenvalue weighted by Gasteiger charge is 2.26. The van der Waals surface area contributed by atoms with Crippen LogP contribution in [0.3, 0.4) is 0 Å². The zero-order chi connectivity index (χ0) is 10.4. The van der Waals surface area contributed by atoms with Gasteiger partial charge in [0.15, 0.2) is 0 Å². The molecule has 0 aromatic heterocycles. The van der Waals surface area contributed by atoms with Gasteiger partial charge in [-0.25, -0.2) is 0 Å². The van der Waals surface area contributed by atoms with Gasteiger partial charge >= 0.3 is 0 Å². The highest BCUT2D eigenvalue weighted by molar-refractivity contribution is 6.00. The second-order valence-electron chi connectivity index (χ2n) is 2.67. The zero-order valence-corrected chi connectivity index (χ0v) is 7.56. The number of imide groups is 1. The first-order valence-electron chi connectivity index (χ1n) is 3.65. The van der Waals surface area contributed by atoms with Crippen molar-refractivity contribution in [2.24, 2.45) is 0 Å². The summed E-state index contributed by atoms with van der Waals surface area (Å²) in [6.07, 6.45) is 1.05. The summed E-state index contributed by atoms with van der Waals surface area (Å²) in [5.41, 5.74) is 0. The number of carbonyl (C=O) groups is 3. The molecule has 0 aliphatic carbocycles. The molecule has 1 saturated heterocycles. The van der Waals surface area contributed by atoms with Gasteiger partial charge in [0.25, 0.3) is 11.8 Å². The lowest BCUT2D eigenvalue weighted by Crippen LogP contribution is -2.24. The van der Waals surface area contributed by atoms with Crippen LogP contribution in [0.1, 0.15) is 12.8 Å². The van der Waals surface area contributed by atoms with Gasteiger partial charge in [-0.3, -0.25) is 19.6 Å². The minimum absolute atomic E-state index is 0.148. The molecule has 0 aromatic carbocycles. The molecule has 0 saturated carbocycles. The molecule has 6 heteroatoms. The first kappa shape index (κ1) is 11.6. The maximum Gasteiger partial charge on any atom is 0.253 e. The van der Waals surface area contributed by atoms with Gasteiger partial charge in [0, 0.05) is 26.9 Å². The Hall–Kier alpha value is -1.43. The van der Waals surface area contributed by atoms with E-state index in [9.17, 15) is 14.4 Å². The monoisotopic (exact) mass is 188 g/mol. The Bertz CT molecular complexity index is 199. The lowest BCUT2D eigenvalue weighted by Gasteiger charge is -1.98. The summed E-state index contributed by atoms with van der Waals surface area (Å²) in [5.74, 6) is -1.01. The molecular formula is C7H12N2O4. The number of nitrogens with zero attached hydrogens (tertiary/aromatic N) is 2. The summed E-state index contributed by atoms with van der Waals surface area (Å²) in [5, 5.41) is 8.57. The maximum atomic E-state index is 10.2. The molecule has 1 aliphatic rings. The van der Waals surface area contributed by atoms with Gasteiger partial charge in [-0.2, -0.15) is 5.06 Å². The minimum atomic E-state index is -0.505. The molecule has 0 bridgehead atoms. The van der Waals surface area contributed by atoms with E-state index in [2.05, 4.69) is 0 Å². The third kappa shape index (κ3) is 4.22. The van der Waals surface area contributed by atoms with Crippen LogP contribution in [-0.4, -0.2) is 47.5 Å². The van der Waals surface area contributed by atoms with Crippen LogP contribution >= 0.6 is 0 Å². The standard InChI is InChI=1S/C4H5NO3.C3H7NO/c6-3-1-2-4(7)5(3)8;1-4(2)3-5/h8H,1-2H2;3H,1-2H3. The number of rotatable bonds is 1. The molecule has 13 heavy (non-hydrogen) atoms. The first-order chi connectivity index (χ1) is 5.99. The number of hydrogen-bond donors (Lipinski definition) is 1. The molecule has 3 amide bonds. The topological polar surface area (TPSA) is 77.9 Å². The van der Waals surface area contributed by atoms with Crippen LogP contribution in [0.15, 0.2) is 0 Å². The molecule has 1 rings (SSSR count). The van der Waals surface area contributed by atoms with Gasteiger partial charge in [-0.15, -0.1) is 0 Å². The second kappa shape index (κ2) is 5.26. The normalized spacial score (nSPS) is 15.2. The van der Waals surface area contributed by atoms with Gasteiger partial charge in [0.2, 0.25) is 6.41 Å². The highest BCUT2D eigenvalue weighted by Crippen LogP contribution is 2.06. The largest absolute Gasteiger partial charge is 0.351 e. The molecule has 0 aromatic rings. The molecule has 1 fully saturated rings. The minimum Gasteiger partial charge on any atom is -0.351 e. The molecule has 1 heterocycles. The first-order valence-corrected chi connectivity index (χ1v) is 3.65. The van der Waals surface area contributed by atoms with Gasteiger partial charge in [0.1, 0.15) is 0 Å².